The molecule has 0 unspecified atom stereocenters. The summed E-state index contributed by atoms with van der Waals surface area (Å²) >= 11 is 0. The van der Waals surface area contributed by atoms with E-state index in [9.17, 15) is 4.79 Å². The van der Waals surface area contributed by atoms with Gasteiger partial charge in [-0.15, -0.1) is 0 Å². The Morgan fingerprint density at radius 2 is 1.86 bits per heavy atom. The van der Waals surface area contributed by atoms with Crippen LogP contribution in [0, 0.1) is 20.8 Å². The second kappa shape index (κ2) is 4.41. The lowest BCUT2D eigenvalue weighted by Gasteiger charge is -2.12. The summed E-state index contributed by atoms with van der Waals surface area (Å²) in [4.78, 5) is 11.0. The molecule has 0 heterocycles. The van der Waals surface area contributed by atoms with Crippen LogP contribution >= 0.6 is 0 Å². The molecule has 0 aromatic heterocycles. The third kappa shape index (κ3) is 1.87. The van der Waals surface area contributed by atoms with Crippen molar-refractivity contribution in [2.45, 2.75) is 40.5 Å². The minimum absolute atomic E-state index is 0.898. The van der Waals surface area contributed by atoms with Gasteiger partial charge in [0, 0.05) is 5.56 Å². The maximum absolute atomic E-state index is 11.0. The number of benzene rings is 1. The molecule has 14 heavy (non-hydrogen) atoms. The SMILES string of the molecule is CCCc1cc(C)c(C)c(C)c1C=O. The largest absolute Gasteiger partial charge is 0.298 e. The molecule has 0 aliphatic rings. The Bertz CT molecular complexity index is 351. The topological polar surface area (TPSA) is 17.1 Å². The van der Waals surface area contributed by atoms with Crippen LogP contribution in [0.3, 0.4) is 0 Å². The van der Waals surface area contributed by atoms with Gasteiger partial charge in [-0.3, -0.25) is 4.79 Å². The van der Waals surface area contributed by atoms with Crippen molar-refractivity contribution < 1.29 is 4.79 Å². The Morgan fingerprint density at radius 1 is 1.21 bits per heavy atom. The maximum atomic E-state index is 11.0. The molecule has 0 spiro atoms. The van der Waals surface area contributed by atoms with Crippen molar-refractivity contribution in [2.75, 3.05) is 0 Å². The van der Waals surface area contributed by atoms with Crippen molar-refractivity contribution in [1.82, 2.24) is 0 Å². The number of hydrogen-bond acceptors (Lipinski definition) is 1. The van der Waals surface area contributed by atoms with Crippen LogP contribution in [0.1, 0.15) is 46.0 Å². The summed E-state index contributed by atoms with van der Waals surface area (Å²) in [5.41, 5.74) is 5.77. The second-order valence-corrected chi connectivity index (χ2v) is 3.88. The molecule has 1 nitrogen and oxygen atoms in total. The molecular formula is C13H18O. The van der Waals surface area contributed by atoms with Crippen molar-refractivity contribution in [3.63, 3.8) is 0 Å². The Morgan fingerprint density at radius 3 is 2.36 bits per heavy atom. The van der Waals surface area contributed by atoms with Gasteiger partial charge in [-0.1, -0.05) is 19.4 Å². The fourth-order valence-corrected chi connectivity index (χ4v) is 1.83. The number of carbonyl (C=O) groups is 1. The van der Waals surface area contributed by atoms with Crippen LogP contribution in [-0.4, -0.2) is 6.29 Å². The Balaban J connectivity index is 3.35. The van der Waals surface area contributed by atoms with E-state index in [4.69, 9.17) is 0 Å². The predicted octanol–water partition coefficient (Wildman–Crippen LogP) is 3.38. The van der Waals surface area contributed by atoms with Gasteiger partial charge in [-0.2, -0.15) is 0 Å². The van der Waals surface area contributed by atoms with Crippen molar-refractivity contribution in [3.05, 3.63) is 33.9 Å². The number of aldehydes is 1. The highest BCUT2D eigenvalue weighted by molar-refractivity contribution is 5.80. The minimum Gasteiger partial charge on any atom is -0.298 e. The first-order valence-electron chi connectivity index (χ1n) is 5.16. The van der Waals surface area contributed by atoms with Crippen LogP contribution in [0.15, 0.2) is 6.07 Å². The Hall–Kier alpha value is -1.11. The van der Waals surface area contributed by atoms with E-state index >= 15 is 0 Å². The zero-order valence-corrected chi connectivity index (χ0v) is 9.48. The van der Waals surface area contributed by atoms with E-state index in [0.717, 1.165) is 30.3 Å². The highest BCUT2D eigenvalue weighted by Gasteiger charge is 2.08. The first-order chi connectivity index (χ1) is 6.61. The van der Waals surface area contributed by atoms with Gasteiger partial charge in [0.15, 0.2) is 6.29 Å². The molecule has 0 aliphatic carbocycles. The summed E-state index contributed by atoms with van der Waals surface area (Å²) in [7, 11) is 0. The lowest BCUT2D eigenvalue weighted by atomic mass is 9.92. The third-order valence-corrected chi connectivity index (χ3v) is 2.93. The summed E-state index contributed by atoms with van der Waals surface area (Å²) in [5.74, 6) is 0. The van der Waals surface area contributed by atoms with Gasteiger partial charge in [-0.25, -0.2) is 0 Å². The van der Waals surface area contributed by atoms with Gasteiger partial charge < -0.3 is 0 Å². The lowest BCUT2D eigenvalue weighted by molar-refractivity contribution is 0.112. The van der Waals surface area contributed by atoms with Crippen molar-refractivity contribution >= 4 is 6.29 Å². The summed E-state index contributed by atoms with van der Waals surface area (Å²) in [5, 5.41) is 0. The fraction of sp³-hybridized carbons (Fsp3) is 0.462. The zero-order valence-electron chi connectivity index (χ0n) is 9.48. The first kappa shape index (κ1) is 11.0. The predicted molar refractivity (Wildman–Crippen MR) is 60.0 cm³/mol. The zero-order chi connectivity index (χ0) is 10.7. The van der Waals surface area contributed by atoms with Gasteiger partial charge in [0.2, 0.25) is 0 Å². The average Bonchev–Trinajstić information content (AvgIpc) is 2.16. The number of hydrogen-bond donors (Lipinski definition) is 0. The highest BCUT2D eigenvalue weighted by Crippen LogP contribution is 2.21. The van der Waals surface area contributed by atoms with Crippen molar-refractivity contribution in [3.8, 4) is 0 Å². The van der Waals surface area contributed by atoms with E-state index in [2.05, 4.69) is 26.8 Å². The molecule has 0 N–H and O–H groups in total. The maximum Gasteiger partial charge on any atom is 0.150 e. The average molecular weight is 190 g/mol. The smallest absolute Gasteiger partial charge is 0.150 e. The molecule has 0 fully saturated rings. The van der Waals surface area contributed by atoms with Crippen LogP contribution in [0.25, 0.3) is 0 Å². The van der Waals surface area contributed by atoms with E-state index in [1.807, 2.05) is 6.92 Å². The van der Waals surface area contributed by atoms with Gasteiger partial charge in [0.1, 0.15) is 0 Å². The summed E-state index contributed by atoms with van der Waals surface area (Å²) < 4.78 is 0. The van der Waals surface area contributed by atoms with Gasteiger partial charge in [-0.05, 0) is 49.4 Å². The monoisotopic (exact) mass is 190 g/mol. The normalized spacial score (nSPS) is 10.3. The molecule has 1 heteroatoms. The molecule has 0 aliphatic heterocycles. The standard InChI is InChI=1S/C13H18O/c1-5-6-12-7-9(2)10(3)11(4)13(12)8-14/h7-8H,5-6H2,1-4H3. The number of carbonyl (C=O) groups excluding carboxylic acids is 1. The Labute approximate surface area is 86.1 Å². The molecule has 0 radical (unpaired) electrons. The van der Waals surface area contributed by atoms with E-state index in [0.29, 0.717) is 0 Å². The van der Waals surface area contributed by atoms with E-state index in [1.165, 1.54) is 16.7 Å². The molecule has 0 saturated heterocycles. The number of rotatable bonds is 3. The molecule has 0 bridgehead atoms. The van der Waals surface area contributed by atoms with Crippen LogP contribution in [-0.2, 0) is 6.42 Å². The van der Waals surface area contributed by atoms with Crippen LogP contribution in [0.2, 0.25) is 0 Å². The fourth-order valence-electron chi connectivity index (χ4n) is 1.83. The summed E-state index contributed by atoms with van der Waals surface area (Å²) in [6, 6.07) is 2.15. The molecule has 1 aromatic carbocycles. The molecular weight excluding hydrogens is 172 g/mol. The summed E-state index contributed by atoms with van der Waals surface area (Å²) in [6.07, 6.45) is 3.07. The summed E-state index contributed by atoms with van der Waals surface area (Å²) in [6.45, 7) is 8.35. The van der Waals surface area contributed by atoms with E-state index in [1.54, 1.807) is 0 Å². The molecule has 1 aromatic rings. The molecule has 1 rings (SSSR count). The molecule has 0 saturated carbocycles. The quantitative estimate of drug-likeness (QED) is 0.668. The van der Waals surface area contributed by atoms with Crippen molar-refractivity contribution in [2.24, 2.45) is 0 Å². The van der Waals surface area contributed by atoms with Gasteiger partial charge >= 0.3 is 0 Å². The second-order valence-electron chi connectivity index (χ2n) is 3.88. The van der Waals surface area contributed by atoms with Crippen molar-refractivity contribution in [1.29, 1.82) is 0 Å². The first-order valence-corrected chi connectivity index (χ1v) is 5.16. The van der Waals surface area contributed by atoms with Gasteiger partial charge in [0.05, 0.1) is 0 Å². The van der Waals surface area contributed by atoms with Crippen LogP contribution < -0.4 is 0 Å². The third-order valence-electron chi connectivity index (χ3n) is 2.93. The molecule has 0 atom stereocenters. The van der Waals surface area contributed by atoms with Crippen LogP contribution in [0.5, 0.6) is 0 Å². The van der Waals surface area contributed by atoms with E-state index in [-0.39, 0.29) is 0 Å². The highest BCUT2D eigenvalue weighted by atomic mass is 16.1. The minimum atomic E-state index is 0.898. The Kier molecular flexibility index (Phi) is 3.45. The lowest BCUT2D eigenvalue weighted by Crippen LogP contribution is -2.00. The number of aryl methyl sites for hydroxylation is 2. The van der Waals surface area contributed by atoms with Crippen LogP contribution in [0.4, 0.5) is 0 Å². The molecule has 76 valence electrons. The van der Waals surface area contributed by atoms with Gasteiger partial charge in [0.25, 0.3) is 0 Å². The van der Waals surface area contributed by atoms with E-state index < -0.39 is 0 Å². The molecule has 0 amide bonds.